The van der Waals surface area contributed by atoms with Crippen LogP contribution in [0.25, 0.3) is 0 Å². The summed E-state index contributed by atoms with van der Waals surface area (Å²) < 4.78 is 7.44. The lowest BCUT2D eigenvalue weighted by Crippen LogP contribution is -2.15. The number of nitrogens with zero attached hydrogens (tertiary/aromatic N) is 2. The summed E-state index contributed by atoms with van der Waals surface area (Å²) in [5, 5.41) is 13.8. The van der Waals surface area contributed by atoms with Crippen molar-refractivity contribution in [2.45, 2.75) is 64.3 Å². The highest BCUT2D eigenvalue weighted by atomic mass is 16.5. The Hall–Kier alpha value is -1.52. The lowest BCUT2D eigenvalue weighted by molar-refractivity contribution is -0.136. The smallest absolute Gasteiger partial charge is 0.308 e. The van der Waals surface area contributed by atoms with Crippen LogP contribution in [-0.4, -0.2) is 28.0 Å². The molecule has 5 nitrogen and oxygen atoms in total. The van der Waals surface area contributed by atoms with E-state index >= 15 is 0 Å². The summed E-state index contributed by atoms with van der Waals surface area (Å²) in [5.41, 5.74) is 1.59. The first kappa shape index (κ1) is 14.9. The Morgan fingerprint density at radius 1 is 1.40 bits per heavy atom. The molecule has 1 N–H and O–H groups in total. The predicted octanol–water partition coefficient (Wildman–Crippen LogP) is 3.15. The van der Waals surface area contributed by atoms with Gasteiger partial charge in [0.15, 0.2) is 0 Å². The Morgan fingerprint density at radius 2 is 2.05 bits per heavy atom. The number of carbonyl (C=O) groups is 1. The van der Waals surface area contributed by atoms with Crippen molar-refractivity contribution >= 4 is 5.97 Å². The highest BCUT2D eigenvalue weighted by Gasteiger charge is 2.27. The molecule has 0 spiro atoms. The van der Waals surface area contributed by atoms with Crippen molar-refractivity contribution in [2.75, 3.05) is 7.11 Å². The van der Waals surface area contributed by atoms with Gasteiger partial charge in [0, 0.05) is 5.56 Å². The van der Waals surface area contributed by atoms with Gasteiger partial charge in [0.25, 0.3) is 0 Å². The molecule has 1 heterocycles. The number of carboxylic acid groups (broad SMARTS) is 1. The molecule has 1 aliphatic rings. The minimum Gasteiger partial charge on any atom is -0.481 e. The van der Waals surface area contributed by atoms with Crippen LogP contribution in [0.1, 0.15) is 69.2 Å². The average Bonchev–Trinajstić information content (AvgIpc) is 2.77. The van der Waals surface area contributed by atoms with Gasteiger partial charge in [-0.1, -0.05) is 33.1 Å². The van der Waals surface area contributed by atoms with Gasteiger partial charge in [0.05, 0.1) is 25.3 Å². The van der Waals surface area contributed by atoms with E-state index in [0.717, 1.165) is 24.1 Å². The summed E-state index contributed by atoms with van der Waals surface area (Å²) >= 11 is 0. The van der Waals surface area contributed by atoms with Crippen LogP contribution in [-0.2, 0) is 11.2 Å². The zero-order valence-electron chi connectivity index (χ0n) is 12.6. The number of rotatable bonds is 5. The first-order valence-corrected chi connectivity index (χ1v) is 7.41. The third-order valence-electron chi connectivity index (χ3n) is 3.98. The van der Waals surface area contributed by atoms with Crippen LogP contribution < -0.4 is 4.74 Å². The molecule has 1 saturated carbocycles. The van der Waals surface area contributed by atoms with E-state index in [4.69, 9.17) is 9.84 Å². The maximum Gasteiger partial charge on any atom is 0.308 e. The summed E-state index contributed by atoms with van der Waals surface area (Å²) in [6.45, 7) is 4.08. The van der Waals surface area contributed by atoms with Gasteiger partial charge < -0.3 is 9.84 Å². The van der Waals surface area contributed by atoms with Crippen LogP contribution in [0.4, 0.5) is 0 Å². The van der Waals surface area contributed by atoms with Crippen LogP contribution in [0.5, 0.6) is 5.88 Å². The summed E-state index contributed by atoms with van der Waals surface area (Å²) in [6, 6.07) is 0.346. The molecule has 1 aromatic rings. The van der Waals surface area contributed by atoms with Gasteiger partial charge in [-0.15, -0.1) is 0 Å². The monoisotopic (exact) mass is 280 g/mol. The van der Waals surface area contributed by atoms with Crippen molar-refractivity contribution in [2.24, 2.45) is 0 Å². The van der Waals surface area contributed by atoms with E-state index in [9.17, 15) is 4.79 Å². The van der Waals surface area contributed by atoms with Crippen molar-refractivity contribution in [1.29, 1.82) is 0 Å². The molecule has 0 aromatic carbocycles. The second kappa shape index (κ2) is 6.29. The lowest BCUT2D eigenvalue weighted by Gasteiger charge is -2.23. The molecule has 1 fully saturated rings. The fourth-order valence-corrected chi connectivity index (χ4v) is 3.04. The SMILES string of the molecule is COc1c(CC(=O)O)c(C(C)C)nn1C1CCCCC1. The fraction of sp³-hybridized carbons (Fsp3) is 0.733. The molecular weight excluding hydrogens is 256 g/mol. The van der Waals surface area contributed by atoms with E-state index in [1.165, 1.54) is 19.3 Å². The van der Waals surface area contributed by atoms with Crippen LogP contribution in [0.2, 0.25) is 0 Å². The molecule has 1 aliphatic carbocycles. The Balaban J connectivity index is 2.42. The Bertz CT molecular complexity index is 474. The van der Waals surface area contributed by atoms with Crippen molar-refractivity contribution in [3.05, 3.63) is 11.3 Å². The largest absolute Gasteiger partial charge is 0.481 e. The van der Waals surface area contributed by atoms with E-state index in [1.807, 2.05) is 18.5 Å². The lowest BCUT2D eigenvalue weighted by atomic mass is 9.95. The van der Waals surface area contributed by atoms with Crippen LogP contribution in [0.3, 0.4) is 0 Å². The van der Waals surface area contributed by atoms with Gasteiger partial charge >= 0.3 is 5.97 Å². The van der Waals surface area contributed by atoms with Crippen molar-refractivity contribution in [3.63, 3.8) is 0 Å². The van der Waals surface area contributed by atoms with Gasteiger partial charge in [-0.05, 0) is 18.8 Å². The number of carboxylic acids is 1. The molecule has 20 heavy (non-hydrogen) atoms. The van der Waals surface area contributed by atoms with Crippen LogP contribution in [0.15, 0.2) is 0 Å². The summed E-state index contributed by atoms with van der Waals surface area (Å²) in [7, 11) is 1.60. The van der Waals surface area contributed by atoms with E-state index in [-0.39, 0.29) is 12.3 Å². The maximum absolute atomic E-state index is 11.1. The fourth-order valence-electron chi connectivity index (χ4n) is 3.04. The third-order valence-corrected chi connectivity index (χ3v) is 3.98. The molecule has 0 saturated heterocycles. The number of hydrogen-bond acceptors (Lipinski definition) is 3. The van der Waals surface area contributed by atoms with Gasteiger partial charge in [-0.2, -0.15) is 5.10 Å². The molecule has 0 unspecified atom stereocenters. The number of hydrogen-bond donors (Lipinski definition) is 1. The van der Waals surface area contributed by atoms with Gasteiger partial charge in [0.2, 0.25) is 5.88 Å². The number of methoxy groups -OCH3 is 1. The van der Waals surface area contributed by atoms with Crippen molar-refractivity contribution in [1.82, 2.24) is 9.78 Å². The highest BCUT2D eigenvalue weighted by Crippen LogP contribution is 2.36. The van der Waals surface area contributed by atoms with E-state index in [1.54, 1.807) is 7.11 Å². The molecule has 0 amide bonds. The van der Waals surface area contributed by atoms with E-state index in [2.05, 4.69) is 5.10 Å². The highest BCUT2D eigenvalue weighted by molar-refractivity contribution is 5.71. The van der Waals surface area contributed by atoms with Gasteiger partial charge in [-0.3, -0.25) is 4.79 Å². The van der Waals surface area contributed by atoms with Gasteiger partial charge in [0.1, 0.15) is 0 Å². The molecule has 0 atom stereocenters. The Morgan fingerprint density at radius 3 is 2.55 bits per heavy atom. The molecule has 2 rings (SSSR count). The Labute approximate surface area is 119 Å². The minimum absolute atomic E-state index is 0.0244. The molecule has 0 radical (unpaired) electrons. The molecule has 0 bridgehead atoms. The van der Waals surface area contributed by atoms with Crippen molar-refractivity contribution in [3.8, 4) is 5.88 Å². The normalized spacial score (nSPS) is 16.6. The van der Waals surface area contributed by atoms with Gasteiger partial charge in [-0.25, -0.2) is 4.68 Å². The molecule has 0 aliphatic heterocycles. The van der Waals surface area contributed by atoms with Crippen LogP contribution in [0, 0.1) is 0 Å². The first-order chi connectivity index (χ1) is 9.54. The van der Waals surface area contributed by atoms with E-state index in [0.29, 0.717) is 11.9 Å². The third kappa shape index (κ3) is 2.97. The summed E-state index contributed by atoms with van der Waals surface area (Å²) in [5.74, 6) is -0.000477. The molecule has 112 valence electrons. The standard InChI is InChI=1S/C15H24N2O3/c1-10(2)14-12(9-13(18)19)15(20-3)17(16-14)11-7-5-4-6-8-11/h10-11H,4-9H2,1-3H3,(H,18,19). The number of ether oxygens (including phenoxy) is 1. The van der Waals surface area contributed by atoms with E-state index < -0.39 is 5.97 Å². The topological polar surface area (TPSA) is 64.3 Å². The predicted molar refractivity (Wildman–Crippen MR) is 76.3 cm³/mol. The summed E-state index contributed by atoms with van der Waals surface area (Å²) in [4.78, 5) is 11.1. The van der Waals surface area contributed by atoms with Crippen molar-refractivity contribution < 1.29 is 14.6 Å². The number of aromatic nitrogens is 2. The Kier molecular flexibility index (Phi) is 4.68. The first-order valence-electron chi connectivity index (χ1n) is 7.41. The second-order valence-electron chi connectivity index (χ2n) is 5.83. The maximum atomic E-state index is 11.1. The van der Waals surface area contributed by atoms with Crippen LogP contribution >= 0.6 is 0 Å². The molecule has 1 aromatic heterocycles. The molecule has 5 heteroatoms. The zero-order chi connectivity index (χ0) is 14.7. The average molecular weight is 280 g/mol. The quantitative estimate of drug-likeness (QED) is 0.900. The molecular formula is C15H24N2O3. The minimum atomic E-state index is -0.839. The second-order valence-corrected chi connectivity index (χ2v) is 5.83. The summed E-state index contributed by atoms with van der Waals surface area (Å²) in [6.07, 6.45) is 5.87. The number of aliphatic carboxylic acids is 1. The zero-order valence-corrected chi connectivity index (χ0v) is 12.6.